The van der Waals surface area contributed by atoms with E-state index < -0.39 is 0 Å². The molecule has 7 heteroatoms. The second-order valence-corrected chi connectivity index (χ2v) is 4.57. The predicted octanol–water partition coefficient (Wildman–Crippen LogP) is 1.24. The number of hydrogen-bond donors (Lipinski definition) is 1. The van der Waals surface area contributed by atoms with Gasteiger partial charge in [0.05, 0.1) is 13.2 Å². The maximum Gasteiger partial charge on any atom is 0.180 e. The van der Waals surface area contributed by atoms with E-state index in [1.54, 1.807) is 14.2 Å². The highest BCUT2D eigenvalue weighted by atomic mass is 35.5. The SMILES string of the molecule is COCCN(CCOC)Cc1cnc(N)s1.Cl. The van der Waals surface area contributed by atoms with Gasteiger partial charge in [0.25, 0.3) is 0 Å². The van der Waals surface area contributed by atoms with Crippen LogP contribution >= 0.6 is 23.7 Å². The molecule has 0 saturated carbocycles. The fraction of sp³-hybridized carbons (Fsp3) is 0.700. The van der Waals surface area contributed by atoms with Gasteiger partial charge < -0.3 is 15.2 Å². The summed E-state index contributed by atoms with van der Waals surface area (Å²) in [6.45, 7) is 4.06. The molecule has 2 N–H and O–H groups in total. The van der Waals surface area contributed by atoms with Crippen molar-refractivity contribution in [1.82, 2.24) is 9.88 Å². The van der Waals surface area contributed by atoms with Crippen molar-refractivity contribution >= 4 is 28.9 Å². The molecule has 0 unspecified atom stereocenters. The number of nitrogens with two attached hydrogens (primary N) is 1. The van der Waals surface area contributed by atoms with Crippen molar-refractivity contribution in [2.75, 3.05) is 46.3 Å². The van der Waals surface area contributed by atoms with Gasteiger partial charge in [-0.2, -0.15) is 0 Å². The Morgan fingerprint density at radius 3 is 2.29 bits per heavy atom. The van der Waals surface area contributed by atoms with E-state index >= 15 is 0 Å². The van der Waals surface area contributed by atoms with Crippen LogP contribution < -0.4 is 5.73 Å². The van der Waals surface area contributed by atoms with E-state index in [2.05, 4.69) is 9.88 Å². The van der Waals surface area contributed by atoms with Gasteiger partial charge >= 0.3 is 0 Å². The number of anilines is 1. The monoisotopic (exact) mass is 281 g/mol. The predicted molar refractivity (Wildman–Crippen MR) is 72.8 cm³/mol. The van der Waals surface area contributed by atoms with E-state index in [0.717, 1.165) is 32.8 Å². The van der Waals surface area contributed by atoms with Crippen molar-refractivity contribution in [1.29, 1.82) is 0 Å². The highest BCUT2D eigenvalue weighted by molar-refractivity contribution is 7.15. The van der Waals surface area contributed by atoms with Gasteiger partial charge in [-0.25, -0.2) is 4.98 Å². The maximum atomic E-state index is 5.59. The molecule has 5 nitrogen and oxygen atoms in total. The fourth-order valence-electron chi connectivity index (χ4n) is 1.33. The Morgan fingerprint density at radius 1 is 1.29 bits per heavy atom. The smallest absolute Gasteiger partial charge is 0.180 e. The summed E-state index contributed by atoms with van der Waals surface area (Å²) in [6, 6.07) is 0. The molecule has 1 aromatic rings. The van der Waals surface area contributed by atoms with Crippen molar-refractivity contribution in [2.24, 2.45) is 0 Å². The number of nitrogen functional groups attached to an aromatic ring is 1. The highest BCUT2D eigenvalue weighted by Gasteiger charge is 2.07. The first kappa shape index (κ1) is 16.6. The summed E-state index contributed by atoms with van der Waals surface area (Å²) >= 11 is 1.53. The van der Waals surface area contributed by atoms with Gasteiger partial charge in [-0.3, -0.25) is 4.90 Å². The lowest BCUT2D eigenvalue weighted by Gasteiger charge is -2.20. The fourth-order valence-corrected chi connectivity index (χ4v) is 2.05. The van der Waals surface area contributed by atoms with E-state index in [9.17, 15) is 0 Å². The van der Waals surface area contributed by atoms with Gasteiger partial charge in [0.15, 0.2) is 5.13 Å². The topological polar surface area (TPSA) is 60.6 Å². The molecule has 0 aliphatic rings. The second-order valence-electron chi connectivity index (χ2n) is 3.43. The standard InChI is InChI=1S/C10H19N3O2S.ClH/c1-14-5-3-13(4-6-15-2)8-9-7-12-10(11)16-9;/h7H,3-6,8H2,1-2H3,(H2,11,12);1H. The van der Waals surface area contributed by atoms with Gasteiger partial charge in [-0.05, 0) is 0 Å². The van der Waals surface area contributed by atoms with Crippen molar-refractivity contribution in [2.45, 2.75) is 6.54 Å². The van der Waals surface area contributed by atoms with Gasteiger partial charge in [0, 0.05) is 44.9 Å². The van der Waals surface area contributed by atoms with Crippen LogP contribution in [0.5, 0.6) is 0 Å². The first-order chi connectivity index (χ1) is 7.76. The zero-order chi connectivity index (χ0) is 11.8. The van der Waals surface area contributed by atoms with Crippen LogP contribution in [-0.4, -0.2) is 50.4 Å². The molecule has 0 aliphatic carbocycles. The molecule has 0 spiro atoms. The van der Waals surface area contributed by atoms with Crippen LogP contribution in [0.4, 0.5) is 5.13 Å². The molecule has 17 heavy (non-hydrogen) atoms. The summed E-state index contributed by atoms with van der Waals surface area (Å²) in [6.07, 6.45) is 1.83. The molecule has 0 atom stereocenters. The van der Waals surface area contributed by atoms with E-state index in [1.165, 1.54) is 16.2 Å². The maximum absolute atomic E-state index is 5.59. The van der Waals surface area contributed by atoms with E-state index in [-0.39, 0.29) is 12.4 Å². The van der Waals surface area contributed by atoms with Crippen LogP contribution in [0.2, 0.25) is 0 Å². The number of hydrogen-bond acceptors (Lipinski definition) is 6. The number of rotatable bonds is 8. The summed E-state index contributed by atoms with van der Waals surface area (Å²) in [7, 11) is 3.42. The highest BCUT2D eigenvalue weighted by Crippen LogP contribution is 2.16. The van der Waals surface area contributed by atoms with Crippen molar-refractivity contribution in [3.63, 3.8) is 0 Å². The third-order valence-corrected chi connectivity index (χ3v) is 2.99. The van der Waals surface area contributed by atoms with Crippen LogP contribution in [-0.2, 0) is 16.0 Å². The zero-order valence-electron chi connectivity index (χ0n) is 10.2. The van der Waals surface area contributed by atoms with Crippen LogP contribution in [0.3, 0.4) is 0 Å². The number of thiazole rings is 1. The molecule has 0 bridgehead atoms. The molecule has 100 valence electrons. The molecule has 0 radical (unpaired) electrons. The number of methoxy groups -OCH3 is 2. The van der Waals surface area contributed by atoms with Crippen molar-refractivity contribution in [3.8, 4) is 0 Å². The minimum Gasteiger partial charge on any atom is -0.383 e. The summed E-state index contributed by atoms with van der Waals surface area (Å²) in [5.74, 6) is 0. The van der Waals surface area contributed by atoms with Crippen molar-refractivity contribution < 1.29 is 9.47 Å². The molecule has 1 heterocycles. The first-order valence-electron chi connectivity index (χ1n) is 5.16. The average molecular weight is 282 g/mol. The van der Waals surface area contributed by atoms with Gasteiger partial charge in [-0.15, -0.1) is 23.7 Å². The van der Waals surface area contributed by atoms with E-state index in [0.29, 0.717) is 5.13 Å². The van der Waals surface area contributed by atoms with Gasteiger partial charge in [0.1, 0.15) is 0 Å². The Morgan fingerprint density at radius 2 is 1.88 bits per heavy atom. The largest absolute Gasteiger partial charge is 0.383 e. The molecule has 1 rings (SSSR count). The summed E-state index contributed by atoms with van der Waals surface area (Å²) < 4.78 is 10.2. The Balaban J connectivity index is 0.00000256. The summed E-state index contributed by atoms with van der Waals surface area (Å²) in [5.41, 5.74) is 5.59. The second kappa shape index (κ2) is 9.61. The quantitative estimate of drug-likeness (QED) is 0.777. The minimum absolute atomic E-state index is 0. The van der Waals surface area contributed by atoms with Crippen LogP contribution in [0, 0.1) is 0 Å². The average Bonchev–Trinajstić information content (AvgIpc) is 2.68. The van der Waals surface area contributed by atoms with E-state index in [1.807, 2.05) is 6.20 Å². The third-order valence-electron chi connectivity index (χ3n) is 2.17. The Bertz CT molecular complexity index is 291. The summed E-state index contributed by atoms with van der Waals surface area (Å²) in [4.78, 5) is 7.47. The lowest BCUT2D eigenvalue weighted by atomic mass is 10.4. The molecular formula is C10H20ClN3O2S. The molecular weight excluding hydrogens is 262 g/mol. The molecule has 0 aromatic carbocycles. The Labute approximate surface area is 112 Å². The molecule has 1 aromatic heterocycles. The third kappa shape index (κ3) is 6.80. The number of nitrogens with zero attached hydrogens (tertiary/aromatic N) is 2. The van der Waals surface area contributed by atoms with Gasteiger partial charge in [-0.1, -0.05) is 0 Å². The zero-order valence-corrected chi connectivity index (χ0v) is 11.9. The molecule has 0 fully saturated rings. The summed E-state index contributed by atoms with van der Waals surface area (Å²) in [5, 5.41) is 0.619. The molecule has 0 aliphatic heterocycles. The number of aromatic nitrogens is 1. The first-order valence-corrected chi connectivity index (χ1v) is 5.98. The lowest BCUT2D eigenvalue weighted by molar-refractivity contribution is 0.111. The molecule has 0 saturated heterocycles. The lowest BCUT2D eigenvalue weighted by Crippen LogP contribution is -2.29. The Hall–Kier alpha value is -0.400. The number of ether oxygens (including phenoxy) is 2. The molecule has 0 amide bonds. The minimum atomic E-state index is 0. The van der Waals surface area contributed by atoms with Crippen LogP contribution in [0.15, 0.2) is 6.20 Å². The normalized spacial score (nSPS) is 10.5. The van der Waals surface area contributed by atoms with Crippen LogP contribution in [0.25, 0.3) is 0 Å². The van der Waals surface area contributed by atoms with Crippen molar-refractivity contribution in [3.05, 3.63) is 11.1 Å². The van der Waals surface area contributed by atoms with E-state index in [4.69, 9.17) is 15.2 Å². The Kier molecular flexibility index (Phi) is 9.39. The van der Waals surface area contributed by atoms with Gasteiger partial charge in [0.2, 0.25) is 0 Å². The number of halogens is 1. The van der Waals surface area contributed by atoms with Crippen LogP contribution in [0.1, 0.15) is 4.88 Å².